The monoisotopic (exact) mass is 169 g/mol. The van der Waals surface area contributed by atoms with Gasteiger partial charge in [-0.25, -0.2) is 4.68 Å². The molecule has 0 radical (unpaired) electrons. The molecule has 12 heavy (non-hydrogen) atoms. The molecule has 2 N–H and O–H groups in total. The van der Waals surface area contributed by atoms with Crippen LogP contribution in [0.3, 0.4) is 0 Å². The molecule has 1 rings (SSSR count). The van der Waals surface area contributed by atoms with Crippen LogP contribution in [0.25, 0.3) is 0 Å². The van der Waals surface area contributed by atoms with E-state index in [-0.39, 0.29) is 11.6 Å². The minimum Gasteiger partial charge on any atom is -0.326 e. The molecule has 1 aromatic rings. The Morgan fingerprint density at radius 2 is 2.25 bits per heavy atom. The lowest BCUT2D eigenvalue weighted by Crippen LogP contribution is -2.31. The van der Waals surface area contributed by atoms with Gasteiger partial charge in [-0.3, -0.25) is 9.48 Å². The molecule has 0 saturated carbocycles. The highest BCUT2D eigenvalue weighted by molar-refractivity contribution is 4.98. The van der Waals surface area contributed by atoms with Crippen LogP contribution in [0, 0.1) is 6.92 Å². The van der Waals surface area contributed by atoms with E-state index in [2.05, 4.69) is 0 Å². The average Bonchev–Trinajstić information content (AvgIpc) is 2.16. The van der Waals surface area contributed by atoms with Gasteiger partial charge in [-0.2, -0.15) is 0 Å². The van der Waals surface area contributed by atoms with Gasteiger partial charge in [0.1, 0.15) is 0 Å². The molecule has 0 bridgehead atoms. The first-order valence-electron chi connectivity index (χ1n) is 4.01. The van der Waals surface area contributed by atoms with Crippen LogP contribution < -0.4 is 11.3 Å². The Morgan fingerprint density at radius 1 is 1.67 bits per heavy atom. The van der Waals surface area contributed by atoms with Gasteiger partial charge in [0, 0.05) is 24.8 Å². The highest BCUT2D eigenvalue weighted by atomic mass is 16.1. The van der Waals surface area contributed by atoms with Crippen molar-refractivity contribution in [2.75, 3.05) is 0 Å². The van der Waals surface area contributed by atoms with Gasteiger partial charge in [-0.1, -0.05) is 0 Å². The first-order valence-corrected chi connectivity index (χ1v) is 4.01. The third-order valence-electron chi connectivity index (χ3n) is 1.92. The molecule has 1 aromatic heterocycles. The summed E-state index contributed by atoms with van der Waals surface area (Å²) in [5, 5.41) is 0. The normalized spacial score (nSPS) is 13.3. The van der Waals surface area contributed by atoms with Crippen molar-refractivity contribution in [3.05, 3.63) is 22.1 Å². The minimum atomic E-state index is 0.00991. The van der Waals surface area contributed by atoms with Crippen LogP contribution in [0.5, 0.6) is 0 Å². The summed E-state index contributed by atoms with van der Waals surface area (Å²) in [6.07, 6.45) is 0. The molecule has 0 aromatic carbocycles. The first kappa shape index (κ1) is 9.06. The van der Waals surface area contributed by atoms with Crippen LogP contribution in [0.15, 0.2) is 10.9 Å². The lowest BCUT2D eigenvalue weighted by atomic mass is 10.4. The zero-order valence-electron chi connectivity index (χ0n) is 7.74. The molecular formula is C8H15N3O. The second-order valence-electron chi connectivity index (χ2n) is 3.21. The Bertz CT molecular complexity index is 322. The number of hydrogen-bond acceptors (Lipinski definition) is 2. The van der Waals surface area contributed by atoms with Crippen molar-refractivity contribution in [2.45, 2.75) is 26.4 Å². The van der Waals surface area contributed by atoms with E-state index in [9.17, 15) is 4.79 Å². The van der Waals surface area contributed by atoms with E-state index in [0.29, 0.717) is 6.54 Å². The van der Waals surface area contributed by atoms with E-state index in [4.69, 9.17) is 5.73 Å². The molecular weight excluding hydrogens is 154 g/mol. The molecule has 0 amide bonds. The highest BCUT2D eigenvalue weighted by Gasteiger charge is 2.05. The molecule has 1 heterocycles. The molecule has 68 valence electrons. The summed E-state index contributed by atoms with van der Waals surface area (Å²) in [4.78, 5) is 11.3. The van der Waals surface area contributed by atoms with Gasteiger partial charge in [-0.15, -0.1) is 0 Å². The van der Waals surface area contributed by atoms with E-state index >= 15 is 0 Å². The molecule has 1 unspecified atom stereocenters. The Kier molecular flexibility index (Phi) is 2.38. The summed E-state index contributed by atoms with van der Waals surface area (Å²) in [7, 11) is 1.86. The van der Waals surface area contributed by atoms with Gasteiger partial charge < -0.3 is 5.73 Å². The molecule has 0 aliphatic rings. The van der Waals surface area contributed by atoms with E-state index in [1.165, 1.54) is 0 Å². The van der Waals surface area contributed by atoms with Crippen molar-refractivity contribution >= 4 is 0 Å². The van der Waals surface area contributed by atoms with Crippen molar-refractivity contribution in [1.29, 1.82) is 0 Å². The van der Waals surface area contributed by atoms with Gasteiger partial charge in [0.05, 0.1) is 6.54 Å². The highest BCUT2D eigenvalue weighted by Crippen LogP contribution is 1.93. The summed E-state index contributed by atoms with van der Waals surface area (Å²) >= 11 is 0. The third-order valence-corrected chi connectivity index (χ3v) is 1.92. The fourth-order valence-electron chi connectivity index (χ4n) is 1.17. The number of rotatable bonds is 2. The quantitative estimate of drug-likeness (QED) is 0.669. The van der Waals surface area contributed by atoms with Crippen LogP contribution in [0.1, 0.15) is 12.6 Å². The summed E-state index contributed by atoms with van der Waals surface area (Å²) < 4.78 is 3.46. The number of hydrogen-bond donors (Lipinski definition) is 1. The summed E-state index contributed by atoms with van der Waals surface area (Å²) in [5.41, 5.74) is 6.58. The maximum Gasteiger partial charge on any atom is 0.266 e. The van der Waals surface area contributed by atoms with Crippen molar-refractivity contribution in [3.63, 3.8) is 0 Å². The minimum absolute atomic E-state index is 0.00991. The second kappa shape index (κ2) is 3.15. The molecule has 1 atom stereocenters. The molecule has 4 nitrogen and oxygen atoms in total. The molecule has 0 aliphatic carbocycles. The average molecular weight is 169 g/mol. The lowest BCUT2D eigenvalue weighted by Gasteiger charge is -2.10. The zero-order valence-corrected chi connectivity index (χ0v) is 7.74. The third kappa shape index (κ3) is 1.58. The fourth-order valence-corrected chi connectivity index (χ4v) is 1.17. The number of aryl methyl sites for hydroxylation is 1. The van der Waals surface area contributed by atoms with E-state index in [1.807, 2.05) is 25.6 Å². The Morgan fingerprint density at radius 3 is 2.58 bits per heavy atom. The van der Waals surface area contributed by atoms with Crippen LogP contribution in [0.2, 0.25) is 0 Å². The molecule has 0 aliphatic heterocycles. The van der Waals surface area contributed by atoms with Crippen molar-refractivity contribution in [3.8, 4) is 0 Å². The van der Waals surface area contributed by atoms with Crippen LogP contribution >= 0.6 is 0 Å². The predicted molar refractivity (Wildman–Crippen MR) is 48.1 cm³/mol. The van der Waals surface area contributed by atoms with Crippen LogP contribution in [0.4, 0.5) is 0 Å². The van der Waals surface area contributed by atoms with Crippen molar-refractivity contribution in [1.82, 2.24) is 9.36 Å². The van der Waals surface area contributed by atoms with Gasteiger partial charge in [-0.05, 0) is 13.8 Å². The SMILES string of the molecule is Cc1cc(=O)n(CC(C)N)n1C. The Labute approximate surface area is 71.6 Å². The predicted octanol–water partition coefficient (Wildman–Crippen LogP) is -0.158. The molecule has 0 fully saturated rings. The van der Waals surface area contributed by atoms with Gasteiger partial charge in [0.25, 0.3) is 5.56 Å². The fraction of sp³-hybridized carbons (Fsp3) is 0.625. The van der Waals surface area contributed by atoms with Crippen LogP contribution in [-0.2, 0) is 13.6 Å². The number of aromatic nitrogens is 2. The van der Waals surface area contributed by atoms with Crippen LogP contribution in [-0.4, -0.2) is 15.4 Å². The molecule has 4 heteroatoms. The standard InChI is InChI=1S/C8H15N3O/c1-6(9)5-11-8(12)4-7(2)10(11)3/h4,6H,5,9H2,1-3H3. The van der Waals surface area contributed by atoms with E-state index in [0.717, 1.165) is 5.69 Å². The lowest BCUT2D eigenvalue weighted by molar-refractivity contribution is 0.449. The Balaban J connectivity index is 3.06. The number of nitrogens with zero attached hydrogens (tertiary/aromatic N) is 2. The first-order chi connectivity index (χ1) is 5.52. The van der Waals surface area contributed by atoms with Gasteiger partial charge in [0.15, 0.2) is 0 Å². The largest absolute Gasteiger partial charge is 0.326 e. The van der Waals surface area contributed by atoms with E-state index < -0.39 is 0 Å². The summed E-state index contributed by atoms with van der Waals surface area (Å²) in [6.45, 7) is 4.36. The van der Waals surface area contributed by atoms with Gasteiger partial charge in [0.2, 0.25) is 0 Å². The maximum absolute atomic E-state index is 11.3. The number of nitrogens with two attached hydrogens (primary N) is 1. The zero-order chi connectivity index (χ0) is 9.30. The van der Waals surface area contributed by atoms with E-state index in [1.54, 1.807) is 10.7 Å². The van der Waals surface area contributed by atoms with Gasteiger partial charge >= 0.3 is 0 Å². The topological polar surface area (TPSA) is 52.9 Å². The maximum atomic E-state index is 11.3. The molecule has 0 saturated heterocycles. The summed E-state index contributed by atoms with van der Waals surface area (Å²) in [5.74, 6) is 0. The van der Waals surface area contributed by atoms with Crippen molar-refractivity contribution < 1.29 is 0 Å². The molecule has 0 spiro atoms. The smallest absolute Gasteiger partial charge is 0.266 e. The second-order valence-corrected chi connectivity index (χ2v) is 3.21. The van der Waals surface area contributed by atoms with Crippen molar-refractivity contribution in [2.24, 2.45) is 12.8 Å². The summed E-state index contributed by atoms with van der Waals surface area (Å²) in [6, 6.07) is 1.62. The Hall–Kier alpha value is -1.03.